The van der Waals surface area contributed by atoms with Crippen LogP contribution in [0.5, 0.6) is 0 Å². The van der Waals surface area contributed by atoms with Gasteiger partial charge >= 0.3 is 0 Å². The quantitative estimate of drug-likeness (QED) is 0.615. The highest BCUT2D eigenvalue weighted by Gasteiger charge is 2.18. The number of hydrogen-bond acceptors (Lipinski definition) is 3. The van der Waals surface area contributed by atoms with Crippen molar-refractivity contribution in [1.29, 1.82) is 0 Å². The van der Waals surface area contributed by atoms with E-state index in [1.54, 1.807) is 6.92 Å². The normalized spacial score (nSPS) is 15.7. The second-order valence-corrected chi connectivity index (χ2v) is 3.75. The van der Waals surface area contributed by atoms with Crippen LogP contribution in [0.1, 0.15) is 26.2 Å². The van der Waals surface area contributed by atoms with Crippen molar-refractivity contribution in [3.63, 3.8) is 0 Å². The Labute approximate surface area is 70.2 Å². The molecule has 0 amide bonds. The highest BCUT2D eigenvalue weighted by molar-refractivity contribution is 8.14. The molecule has 0 aliphatic heterocycles. The number of hydrogen-bond donors (Lipinski definition) is 1. The summed E-state index contributed by atoms with van der Waals surface area (Å²) in [5.74, 6) is 0. The van der Waals surface area contributed by atoms with Crippen molar-refractivity contribution in [1.82, 2.24) is 0 Å². The van der Waals surface area contributed by atoms with E-state index in [1.807, 2.05) is 0 Å². The van der Waals surface area contributed by atoms with E-state index in [1.165, 1.54) is 31.0 Å². The molecule has 1 aliphatic rings. The maximum atomic E-state index is 10.4. The van der Waals surface area contributed by atoms with Gasteiger partial charge in [-0.05, 0) is 12.8 Å². The van der Waals surface area contributed by atoms with E-state index in [-0.39, 0.29) is 11.6 Å². The van der Waals surface area contributed by atoms with Crippen LogP contribution in [0, 0.1) is 0 Å². The minimum atomic E-state index is -0.250. The number of carboxylic acid groups (broad SMARTS) is 1. The van der Waals surface area contributed by atoms with Crippen LogP contribution >= 0.6 is 11.8 Å². The lowest BCUT2D eigenvalue weighted by molar-refractivity contribution is -0.122. The molecule has 0 aromatic heterocycles. The van der Waals surface area contributed by atoms with Crippen molar-refractivity contribution in [2.45, 2.75) is 31.4 Å². The van der Waals surface area contributed by atoms with Crippen LogP contribution in [0.15, 0.2) is 0 Å². The highest BCUT2D eigenvalue weighted by atomic mass is 32.2. The molecule has 0 atom stereocenters. The van der Waals surface area contributed by atoms with Crippen molar-refractivity contribution in [2.24, 2.45) is 0 Å². The first-order valence-corrected chi connectivity index (χ1v) is 4.33. The molecular formula is C7H12O3S. The van der Waals surface area contributed by atoms with E-state index in [0.717, 1.165) is 0 Å². The third kappa shape index (κ3) is 5.91. The van der Waals surface area contributed by atoms with Crippen LogP contribution in [0.25, 0.3) is 0 Å². The monoisotopic (exact) mass is 176 g/mol. The Hall–Kier alpha value is -0.510. The van der Waals surface area contributed by atoms with Crippen LogP contribution in [0.2, 0.25) is 0 Å². The third-order valence-corrected chi connectivity index (χ3v) is 2.52. The van der Waals surface area contributed by atoms with E-state index in [0.29, 0.717) is 5.25 Å². The Bertz CT molecular complexity index is 132. The molecule has 0 radical (unpaired) electrons. The number of rotatable bonds is 1. The highest BCUT2D eigenvalue weighted by Crippen LogP contribution is 2.31. The Balaban J connectivity index is 0.000000292. The summed E-state index contributed by atoms with van der Waals surface area (Å²) in [6, 6.07) is 0. The van der Waals surface area contributed by atoms with E-state index in [2.05, 4.69) is 0 Å². The average molecular weight is 176 g/mol. The van der Waals surface area contributed by atoms with Crippen molar-refractivity contribution >= 4 is 23.3 Å². The van der Waals surface area contributed by atoms with Crippen LogP contribution in [-0.4, -0.2) is 21.9 Å². The van der Waals surface area contributed by atoms with Gasteiger partial charge in [-0.3, -0.25) is 9.59 Å². The van der Waals surface area contributed by atoms with Gasteiger partial charge in [-0.15, -0.1) is 0 Å². The van der Waals surface area contributed by atoms with Crippen molar-refractivity contribution in [3.05, 3.63) is 0 Å². The van der Waals surface area contributed by atoms with Gasteiger partial charge in [-0.2, -0.15) is 0 Å². The second-order valence-electron chi connectivity index (χ2n) is 2.27. The molecule has 0 unspecified atom stereocenters. The fraction of sp³-hybridized carbons (Fsp3) is 0.714. The summed E-state index contributed by atoms with van der Waals surface area (Å²) in [4.78, 5) is 18.8. The van der Waals surface area contributed by atoms with Gasteiger partial charge in [-0.25, -0.2) is 0 Å². The first kappa shape index (κ1) is 10.5. The summed E-state index contributed by atoms with van der Waals surface area (Å²) < 4.78 is 0. The lowest BCUT2D eigenvalue weighted by Crippen LogP contribution is -2.14. The summed E-state index contributed by atoms with van der Waals surface area (Å²) in [7, 11) is 0. The predicted molar refractivity (Wildman–Crippen MR) is 44.6 cm³/mol. The van der Waals surface area contributed by atoms with Crippen LogP contribution in [0.3, 0.4) is 0 Å². The van der Waals surface area contributed by atoms with Gasteiger partial charge in [0.1, 0.15) is 0 Å². The molecule has 0 heterocycles. The van der Waals surface area contributed by atoms with Gasteiger partial charge in [0, 0.05) is 12.2 Å². The van der Waals surface area contributed by atoms with Crippen LogP contribution in [0.4, 0.5) is 0 Å². The maximum Gasteiger partial charge on any atom is 0.290 e. The van der Waals surface area contributed by atoms with Crippen molar-refractivity contribution in [2.75, 3.05) is 0 Å². The van der Waals surface area contributed by atoms with E-state index >= 15 is 0 Å². The smallest absolute Gasteiger partial charge is 0.290 e. The van der Waals surface area contributed by atoms with Crippen LogP contribution < -0.4 is 0 Å². The molecule has 0 aromatic rings. The van der Waals surface area contributed by atoms with Gasteiger partial charge in [0.15, 0.2) is 5.12 Å². The molecule has 1 saturated carbocycles. The standard InChI is InChI=1S/C6H10OS.CH2O2/c1-5(7)8-6-3-2-4-6;2-1-3/h6H,2-4H2,1H3;1H,(H,2,3). The topological polar surface area (TPSA) is 54.4 Å². The summed E-state index contributed by atoms with van der Waals surface area (Å²) in [5.41, 5.74) is 0. The lowest BCUT2D eigenvalue weighted by Gasteiger charge is -2.22. The minimum Gasteiger partial charge on any atom is -0.483 e. The Morgan fingerprint density at radius 2 is 2.09 bits per heavy atom. The molecule has 3 nitrogen and oxygen atoms in total. The zero-order valence-corrected chi connectivity index (χ0v) is 7.26. The summed E-state index contributed by atoms with van der Waals surface area (Å²) in [5, 5.41) is 7.84. The number of carbonyl (C=O) groups excluding carboxylic acids is 1. The molecule has 0 saturated heterocycles. The van der Waals surface area contributed by atoms with Gasteiger partial charge < -0.3 is 5.11 Å². The van der Waals surface area contributed by atoms with E-state index in [9.17, 15) is 4.79 Å². The molecule has 1 N–H and O–H groups in total. The first-order valence-electron chi connectivity index (χ1n) is 3.45. The first-order chi connectivity index (χ1) is 5.20. The van der Waals surface area contributed by atoms with Gasteiger partial charge in [0.05, 0.1) is 0 Å². The molecule has 1 fully saturated rings. The minimum absolute atomic E-state index is 0.250. The largest absolute Gasteiger partial charge is 0.483 e. The molecule has 0 spiro atoms. The molecule has 1 rings (SSSR count). The second kappa shape index (κ2) is 6.22. The Morgan fingerprint density at radius 3 is 2.18 bits per heavy atom. The number of thioether (sulfide) groups is 1. The van der Waals surface area contributed by atoms with E-state index < -0.39 is 0 Å². The molecule has 64 valence electrons. The van der Waals surface area contributed by atoms with Gasteiger partial charge in [-0.1, -0.05) is 18.2 Å². The average Bonchev–Trinajstić information content (AvgIpc) is 1.81. The van der Waals surface area contributed by atoms with Crippen molar-refractivity contribution in [3.8, 4) is 0 Å². The van der Waals surface area contributed by atoms with Crippen molar-refractivity contribution < 1.29 is 14.7 Å². The molecule has 4 heteroatoms. The van der Waals surface area contributed by atoms with Gasteiger partial charge in [0.25, 0.3) is 6.47 Å². The fourth-order valence-electron chi connectivity index (χ4n) is 0.723. The van der Waals surface area contributed by atoms with Crippen LogP contribution in [-0.2, 0) is 9.59 Å². The Morgan fingerprint density at radius 1 is 1.64 bits per heavy atom. The SMILES string of the molecule is CC(=O)SC1CCC1.O=CO. The summed E-state index contributed by atoms with van der Waals surface area (Å²) in [6.07, 6.45) is 3.83. The van der Waals surface area contributed by atoms with Gasteiger partial charge in [0.2, 0.25) is 0 Å². The predicted octanol–water partition coefficient (Wildman–Crippen LogP) is 1.52. The fourth-order valence-corrected chi connectivity index (χ4v) is 1.76. The molecule has 0 bridgehead atoms. The molecule has 11 heavy (non-hydrogen) atoms. The summed E-state index contributed by atoms with van der Waals surface area (Å²) in [6.45, 7) is 1.39. The van der Waals surface area contributed by atoms with E-state index in [4.69, 9.17) is 9.90 Å². The molecular weight excluding hydrogens is 164 g/mol. The molecule has 0 aromatic carbocycles. The lowest BCUT2D eigenvalue weighted by atomic mass is 10.0. The molecule has 1 aliphatic carbocycles. The zero-order chi connectivity index (χ0) is 8.69. The maximum absolute atomic E-state index is 10.4. The Kier molecular flexibility index (Phi) is 5.93. The number of carbonyl (C=O) groups is 2. The zero-order valence-electron chi connectivity index (χ0n) is 6.45. The summed E-state index contributed by atoms with van der Waals surface area (Å²) >= 11 is 1.50. The third-order valence-electron chi connectivity index (χ3n) is 1.38.